The van der Waals surface area contributed by atoms with Gasteiger partial charge in [0.2, 0.25) is 0 Å². The van der Waals surface area contributed by atoms with Gasteiger partial charge in [-0.2, -0.15) is 0 Å². The minimum atomic E-state index is -0.894. The number of hydrogen-bond donors (Lipinski definition) is 1. The smallest absolute Gasteiger partial charge is 0.328 e. The van der Waals surface area contributed by atoms with Crippen LogP contribution in [0.1, 0.15) is 36.6 Å². The van der Waals surface area contributed by atoms with Gasteiger partial charge in [0.1, 0.15) is 0 Å². The second kappa shape index (κ2) is 6.87. The summed E-state index contributed by atoms with van der Waals surface area (Å²) in [6.07, 6.45) is 6.77. The Morgan fingerprint density at radius 2 is 2.37 bits per heavy atom. The number of hydrogen-bond acceptors (Lipinski definition) is 3. The van der Waals surface area contributed by atoms with Crippen LogP contribution in [0, 0.1) is 5.92 Å². The SMILES string of the molecule is CC1CCCN(Cc2cc(C=CC(=O)O)cs2)CC1. The molecule has 1 fully saturated rings. The van der Waals surface area contributed by atoms with Crippen LogP contribution < -0.4 is 0 Å². The largest absolute Gasteiger partial charge is 0.478 e. The molecular weight excluding hydrogens is 258 g/mol. The molecular formula is C15H21NO2S. The number of thiophene rings is 1. The molecule has 4 heteroatoms. The van der Waals surface area contributed by atoms with Gasteiger partial charge >= 0.3 is 5.97 Å². The van der Waals surface area contributed by atoms with Gasteiger partial charge in [0, 0.05) is 17.5 Å². The van der Waals surface area contributed by atoms with Gasteiger partial charge in [-0.1, -0.05) is 6.92 Å². The second-order valence-electron chi connectivity index (χ2n) is 5.33. The van der Waals surface area contributed by atoms with Gasteiger partial charge in [-0.05, 0) is 61.4 Å². The lowest BCUT2D eigenvalue weighted by Gasteiger charge is -2.18. The maximum atomic E-state index is 10.5. The lowest BCUT2D eigenvalue weighted by atomic mass is 10.0. The Kier molecular flexibility index (Phi) is 5.16. The molecule has 104 valence electrons. The van der Waals surface area contributed by atoms with Crippen LogP contribution in [0.3, 0.4) is 0 Å². The summed E-state index contributed by atoms with van der Waals surface area (Å²) in [4.78, 5) is 14.3. The predicted molar refractivity (Wildman–Crippen MR) is 79.3 cm³/mol. The maximum Gasteiger partial charge on any atom is 0.328 e. The first-order valence-electron chi connectivity index (χ1n) is 6.84. The fourth-order valence-electron chi connectivity index (χ4n) is 2.44. The van der Waals surface area contributed by atoms with Crippen LogP contribution in [0.2, 0.25) is 0 Å². The number of rotatable bonds is 4. The summed E-state index contributed by atoms with van der Waals surface area (Å²) < 4.78 is 0. The van der Waals surface area contributed by atoms with E-state index in [1.165, 1.54) is 43.3 Å². The number of aliphatic carboxylic acids is 1. The number of carbonyl (C=O) groups is 1. The van der Waals surface area contributed by atoms with Crippen LogP contribution in [0.4, 0.5) is 0 Å². The average molecular weight is 279 g/mol. The van der Waals surface area contributed by atoms with Gasteiger partial charge < -0.3 is 5.11 Å². The van der Waals surface area contributed by atoms with Crippen molar-refractivity contribution in [2.45, 2.75) is 32.7 Å². The Balaban J connectivity index is 1.90. The van der Waals surface area contributed by atoms with Crippen molar-refractivity contribution < 1.29 is 9.90 Å². The molecule has 0 bridgehead atoms. The van der Waals surface area contributed by atoms with Crippen LogP contribution in [-0.2, 0) is 11.3 Å². The first-order valence-corrected chi connectivity index (χ1v) is 7.72. The number of likely N-dealkylation sites (tertiary alicyclic amines) is 1. The van der Waals surface area contributed by atoms with Gasteiger partial charge in [0.05, 0.1) is 0 Å². The Morgan fingerprint density at radius 1 is 1.53 bits per heavy atom. The highest BCUT2D eigenvalue weighted by molar-refractivity contribution is 7.10. The highest BCUT2D eigenvalue weighted by Gasteiger charge is 2.14. The molecule has 1 aliphatic heterocycles. The average Bonchev–Trinajstić information content (AvgIpc) is 2.71. The summed E-state index contributed by atoms with van der Waals surface area (Å²) in [7, 11) is 0. The van der Waals surface area contributed by atoms with E-state index in [2.05, 4.69) is 17.9 Å². The van der Waals surface area contributed by atoms with E-state index in [-0.39, 0.29) is 0 Å². The van der Waals surface area contributed by atoms with Crippen molar-refractivity contribution >= 4 is 23.4 Å². The Bertz CT molecular complexity index is 453. The summed E-state index contributed by atoms with van der Waals surface area (Å²) in [6, 6.07) is 2.10. The fourth-order valence-corrected chi connectivity index (χ4v) is 3.33. The third-order valence-corrected chi connectivity index (χ3v) is 4.52. The van der Waals surface area contributed by atoms with E-state index in [0.29, 0.717) is 0 Å². The third-order valence-electron chi connectivity index (χ3n) is 3.58. The van der Waals surface area contributed by atoms with E-state index in [1.54, 1.807) is 17.4 Å². The van der Waals surface area contributed by atoms with Crippen molar-refractivity contribution in [3.8, 4) is 0 Å². The van der Waals surface area contributed by atoms with Crippen LogP contribution >= 0.6 is 11.3 Å². The highest BCUT2D eigenvalue weighted by atomic mass is 32.1. The number of carboxylic acids is 1. The van der Waals surface area contributed by atoms with E-state index in [0.717, 1.165) is 18.0 Å². The quantitative estimate of drug-likeness (QED) is 0.858. The molecule has 2 heterocycles. The Morgan fingerprint density at radius 3 is 3.16 bits per heavy atom. The number of nitrogens with zero attached hydrogens (tertiary/aromatic N) is 1. The molecule has 0 amide bonds. The predicted octanol–water partition coefficient (Wildman–Crippen LogP) is 3.47. The lowest BCUT2D eigenvalue weighted by Crippen LogP contribution is -2.23. The van der Waals surface area contributed by atoms with Crippen LogP contribution in [-0.4, -0.2) is 29.1 Å². The van der Waals surface area contributed by atoms with Crippen molar-refractivity contribution in [2.75, 3.05) is 13.1 Å². The molecule has 19 heavy (non-hydrogen) atoms. The minimum Gasteiger partial charge on any atom is -0.478 e. The zero-order valence-electron chi connectivity index (χ0n) is 11.3. The third kappa shape index (κ3) is 4.80. The minimum absolute atomic E-state index is 0.849. The van der Waals surface area contributed by atoms with E-state index in [1.807, 2.05) is 5.38 Å². The molecule has 1 unspecified atom stereocenters. The summed E-state index contributed by atoms with van der Waals surface area (Å²) in [5, 5.41) is 10.6. The molecule has 1 saturated heterocycles. The van der Waals surface area contributed by atoms with Gasteiger partial charge in [-0.15, -0.1) is 11.3 Å². The molecule has 0 aliphatic carbocycles. The molecule has 2 rings (SSSR count). The zero-order valence-corrected chi connectivity index (χ0v) is 12.2. The molecule has 1 atom stereocenters. The Labute approximate surface area is 118 Å². The summed E-state index contributed by atoms with van der Waals surface area (Å²) in [6.45, 7) is 5.70. The molecule has 0 radical (unpaired) electrons. The maximum absolute atomic E-state index is 10.5. The molecule has 0 saturated carbocycles. The van der Waals surface area contributed by atoms with Crippen molar-refractivity contribution in [3.05, 3.63) is 28.0 Å². The first kappa shape index (κ1) is 14.3. The first-order chi connectivity index (χ1) is 9.13. The normalized spacial score (nSPS) is 21.6. The summed E-state index contributed by atoms with van der Waals surface area (Å²) in [5.74, 6) is -0.0448. The molecule has 1 aromatic rings. The molecule has 0 spiro atoms. The Hall–Kier alpha value is -1.13. The lowest BCUT2D eigenvalue weighted by molar-refractivity contribution is -0.131. The van der Waals surface area contributed by atoms with Crippen molar-refractivity contribution in [1.29, 1.82) is 0 Å². The molecule has 3 nitrogen and oxygen atoms in total. The monoisotopic (exact) mass is 279 g/mol. The van der Waals surface area contributed by atoms with Crippen LogP contribution in [0.25, 0.3) is 6.08 Å². The van der Waals surface area contributed by atoms with E-state index >= 15 is 0 Å². The topological polar surface area (TPSA) is 40.5 Å². The molecule has 1 aromatic heterocycles. The van der Waals surface area contributed by atoms with Gasteiger partial charge in [-0.25, -0.2) is 4.79 Å². The van der Waals surface area contributed by atoms with Gasteiger partial charge in [-0.3, -0.25) is 4.90 Å². The molecule has 1 N–H and O–H groups in total. The fraction of sp³-hybridized carbons (Fsp3) is 0.533. The van der Waals surface area contributed by atoms with Crippen LogP contribution in [0.15, 0.2) is 17.5 Å². The highest BCUT2D eigenvalue weighted by Crippen LogP contribution is 2.21. The van der Waals surface area contributed by atoms with Crippen molar-refractivity contribution in [1.82, 2.24) is 4.90 Å². The zero-order chi connectivity index (χ0) is 13.7. The number of carboxylic acid groups (broad SMARTS) is 1. The van der Waals surface area contributed by atoms with E-state index in [9.17, 15) is 4.79 Å². The van der Waals surface area contributed by atoms with Gasteiger partial charge in [0.25, 0.3) is 0 Å². The van der Waals surface area contributed by atoms with Crippen molar-refractivity contribution in [2.24, 2.45) is 5.92 Å². The standard InChI is InChI=1S/C15H21NO2S/c1-12-3-2-7-16(8-6-12)10-14-9-13(11-19-14)4-5-15(17)18/h4-5,9,11-12H,2-3,6-8,10H2,1H3,(H,17,18). The molecule has 1 aliphatic rings. The molecule has 0 aromatic carbocycles. The van der Waals surface area contributed by atoms with Crippen LogP contribution in [0.5, 0.6) is 0 Å². The summed E-state index contributed by atoms with van der Waals surface area (Å²) in [5.41, 5.74) is 0.991. The summed E-state index contributed by atoms with van der Waals surface area (Å²) >= 11 is 1.72. The van der Waals surface area contributed by atoms with E-state index in [4.69, 9.17) is 5.11 Å². The van der Waals surface area contributed by atoms with Gasteiger partial charge in [0.15, 0.2) is 0 Å². The van der Waals surface area contributed by atoms with E-state index < -0.39 is 5.97 Å². The second-order valence-corrected chi connectivity index (χ2v) is 6.33. The van der Waals surface area contributed by atoms with Crippen molar-refractivity contribution in [3.63, 3.8) is 0 Å².